The molecule has 2 unspecified atom stereocenters. The van der Waals surface area contributed by atoms with Gasteiger partial charge < -0.3 is 19.6 Å². The van der Waals surface area contributed by atoms with Gasteiger partial charge >= 0.3 is 0 Å². The van der Waals surface area contributed by atoms with Crippen LogP contribution in [0.15, 0.2) is 54.2 Å². The number of benzene rings is 2. The third-order valence-electron chi connectivity index (χ3n) is 7.09. The first kappa shape index (κ1) is 24.2. The second-order valence-corrected chi connectivity index (χ2v) is 10.9. The van der Waals surface area contributed by atoms with Crippen LogP contribution in [0, 0.1) is 0 Å². The predicted molar refractivity (Wildman–Crippen MR) is 130 cm³/mol. The van der Waals surface area contributed by atoms with Crippen molar-refractivity contribution in [1.82, 2.24) is 0 Å². The summed E-state index contributed by atoms with van der Waals surface area (Å²) in [7, 11) is -2.72. The number of hydrogen-bond acceptors (Lipinski definition) is 3. The number of anilines is 1. The molecule has 176 valence electrons. The standard InChI is InChI=1S/C25H28ClN2.H3O4P/c1-25(2)20-16-17(26)12-13-23(20)27(3)24(25)14-15-28-21-10-6-4-8-18(21)19-9-5-7-11-22(19)28;1-5(2,3)4/h4,6,8,10,12-16,19,22H,5,7,9,11H2,1-3H3;(H3,1,2,3,4)/q+1;/p-1. The Balaban J connectivity index is 0.000000471. The van der Waals surface area contributed by atoms with Gasteiger partial charge in [0.1, 0.15) is 0 Å². The molecule has 5 rings (SSSR count). The van der Waals surface area contributed by atoms with Gasteiger partial charge in [-0.15, -0.1) is 0 Å². The van der Waals surface area contributed by atoms with Gasteiger partial charge in [0.15, 0.2) is 12.3 Å². The summed E-state index contributed by atoms with van der Waals surface area (Å²) in [6.07, 6.45) is 9.98. The number of para-hydroxylation sites is 1. The number of hydrogen-bond donors (Lipinski definition) is 2. The van der Waals surface area contributed by atoms with Gasteiger partial charge in [-0.2, -0.15) is 4.58 Å². The molecule has 6 nitrogen and oxygen atoms in total. The molecule has 0 amide bonds. The largest absolute Gasteiger partial charge is 0.756 e. The molecule has 1 aliphatic carbocycles. The molecular weight excluding hydrogens is 459 g/mol. The Kier molecular flexibility index (Phi) is 6.60. The lowest BCUT2D eigenvalue weighted by Gasteiger charge is -2.24. The van der Waals surface area contributed by atoms with Crippen LogP contribution in [0.4, 0.5) is 11.4 Å². The minimum Gasteiger partial charge on any atom is -0.756 e. The minimum atomic E-state index is -4.89. The zero-order chi connectivity index (χ0) is 24.0. The summed E-state index contributed by atoms with van der Waals surface area (Å²) in [6, 6.07) is 15.9. The van der Waals surface area contributed by atoms with Crippen molar-refractivity contribution < 1.29 is 23.8 Å². The Morgan fingerprint density at radius 2 is 1.85 bits per heavy atom. The molecule has 0 aromatic heterocycles. The monoisotopic (exact) mass is 488 g/mol. The molecule has 1 fully saturated rings. The molecule has 33 heavy (non-hydrogen) atoms. The van der Waals surface area contributed by atoms with E-state index in [1.165, 1.54) is 53.9 Å². The summed E-state index contributed by atoms with van der Waals surface area (Å²) < 4.78 is 11.3. The van der Waals surface area contributed by atoms with Crippen LogP contribution in [-0.4, -0.2) is 33.7 Å². The number of fused-ring (bicyclic) bond motifs is 4. The molecule has 2 aromatic carbocycles. The maximum Gasteiger partial charge on any atom is 0.262 e. The van der Waals surface area contributed by atoms with E-state index in [-0.39, 0.29) is 5.41 Å². The van der Waals surface area contributed by atoms with Gasteiger partial charge in [0.05, 0.1) is 5.92 Å². The Labute approximate surface area is 200 Å². The van der Waals surface area contributed by atoms with Gasteiger partial charge in [0, 0.05) is 53.0 Å². The van der Waals surface area contributed by atoms with Crippen LogP contribution >= 0.6 is 19.4 Å². The molecule has 0 radical (unpaired) electrons. The summed E-state index contributed by atoms with van der Waals surface area (Å²) in [5.41, 5.74) is 6.76. The molecule has 0 bridgehead atoms. The topological polar surface area (TPSA) is 86.8 Å². The van der Waals surface area contributed by atoms with Crippen LogP contribution in [0.3, 0.4) is 0 Å². The van der Waals surface area contributed by atoms with Crippen molar-refractivity contribution in [3.63, 3.8) is 0 Å². The van der Waals surface area contributed by atoms with Crippen molar-refractivity contribution in [1.29, 1.82) is 0 Å². The normalized spacial score (nSPS) is 25.4. The number of phosphoric acid groups is 1. The molecule has 2 N–H and O–H groups in total. The van der Waals surface area contributed by atoms with E-state index in [1.54, 1.807) is 0 Å². The van der Waals surface area contributed by atoms with Gasteiger partial charge in [0.2, 0.25) is 5.69 Å². The Morgan fingerprint density at radius 3 is 2.58 bits per heavy atom. The van der Waals surface area contributed by atoms with Crippen molar-refractivity contribution in [3.05, 3.63) is 70.4 Å². The smallest absolute Gasteiger partial charge is 0.262 e. The van der Waals surface area contributed by atoms with Gasteiger partial charge in [-0.1, -0.05) is 50.1 Å². The van der Waals surface area contributed by atoms with Gasteiger partial charge in [-0.05, 0) is 36.6 Å². The van der Waals surface area contributed by atoms with Crippen molar-refractivity contribution in [2.75, 3.05) is 11.9 Å². The second kappa shape index (κ2) is 9.01. The number of likely N-dealkylation sites (N-methyl/N-ethyl adjacent to an activating group) is 1. The highest BCUT2D eigenvalue weighted by molar-refractivity contribution is 7.43. The van der Waals surface area contributed by atoms with Crippen LogP contribution < -0.4 is 9.79 Å². The fraction of sp³-hybridized carbons (Fsp3) is 0.400. The maximum absolute atomic E-state index is 8.77. The number of allylic oxidation sites excluding steroid dienone is 2. The van der Waals surface area contributed by atoms with E-state index in [1.807, 2.05) is 6.07 Å². The molecule has 2 aliphatic heterocycles. The Bertz CT molecular complexity index is 1160. The van der Waals surface area contributed by atoms with E-state index in [2.05, 4.69) is 79.1 Å². The quantitative estimate of drug-likeness (QED) is 0.443. The molecular formula is C25H30ClN2O4P. The zero-order valence-corrected chi connectivity index (χ0v) is 20.8. The Hall–Kier alpha value is -1.95. The molecule has 2 aromatic rings. The van der Waals surface area contributed by atoms with Crippen molar-refractivity contribution in [2.24, 2.45) is 0 Å². The third kappa shape index (κ3) is 4.82. The van der Waals surface area contributed by atoms with Crippen LogP contribution in [-0.2, 0) is 9.98 Å². The molecule has 3 aliphatic rings. The van der Waals surface area contributed by atoms with Crippen molar-refractivity contribution in [2.45, 2.75) is 56.9 Å². The first-order chi connectivity index (χ1) is 15.5. The summed E-state index contributed by atoms with van der Waals surface area (Å²) in [5, 5.41) is 0.809. The predicted octanol–water partition coefficient (Wildman–Crippen LogP) is 4.85. The van der Waals surface area contributed by atoms with Crippen LogP contribution in [0.2, 0.25) is 5.02 Å². The van der Waals surface area contributed by atoms with Crippen LogP contribution in [0.1, 0.15) is 56.6 Å². The Morgan fingerprint density at radius 1 is 1.18 bits per heavy atom. The average molecular weight is 489 g/mol. The molecule has 2 heterocycles. The summed E-state index contributed by atoms with van der Waals surface area (Å²) in [5.74, 6) is 0.685. The van der Waals surface area contributed by atoms with E-state index >= 15 is 0 Å². The van der Waals surface area contributed by atoms with E-state index in [9.17, 15) is 0 Å². The van der Waals surface area contributed by atoms with Crippen molar-refractivity contribution in [3.8, 4) is 0 Å². The van der Waals surface area contributed by atoms with Crippen LogP contribution in [0.25, 0.3) is 0 Å². The lowest BCUT2D eigenvalue weighted by atomic mass is 9.82. The summed E-state index contributed by atoms with van der Waals surface area (Å²) in [4.78, 5) is 25.2. The minimum absolute atomic E-state index is 0.0588. The first-order valence-corrected chi connectivity index (χ1v) is 13.1. The fourth-order valence-corrected chi connectivity index (χ4v) is 5.84. The van der Waals surface area contributed by atoms with E-state index in [0.717, 1.165) is 5.02 Å². The number of rotatable bonds is 1. The molecule has 1 saturated carbocycles. The maximum atomic E-state index is 8.77. The lowest BCUT2D eigenvalue weighted by Crippen LogP contribution is -2.27. The highest BCUT2D eigenvalue weighted by Gasteiger charge is 2.44. The summed E-state index contributed by atoms with van der Waals surface area (Å²) >= 11 is 6.31. The average Bonchev–Trinajstić information content (AvgIpc) is 3.15. The van der Waals surface area contributed by atoms with E-state index < -0.39 is 7.82 Å². The number of nitrogens with zero attached hydrogens (tertiary/aromatic N) is 2. The SMILES string of the molecule is CN1C(=CC=[N+]2c3ccccc3C3CCCCC32)C(C)(C)c2cc(Cl)ccc21.O=P([O-])(O)O. The van der Waals surface area contributed by atoms with Gasteiger partial charge in [-0.3, -0.25) is 4.57 Å². The van der Waals surface area contributed by atoms with Gasteiger partial charge in [0.25, 0.3) is 7.82 Å². The first-order valence-electron chi connectivity index (χ1n) is 11.2. The molecule has 0 saturated heterocycles. The zero-order valence-electron chi connectivity index (χ0n) is 19.1. The molecule has 2 atom stereocenters. The van der Waals surface area contributed by atoms with Crippen LogP contribution in [0.5, 0.6) is 0 Å². The highest BCUT2D eigenvalue weighted by Crippen LogP contribution is 2.48. The van der Waals surface area contributed by atoms with E-state index in [4.69, 9.17) is 30.8 Å². The van der Waals surface area contributed by atoms with Gasteiger partial charge in [-0.25, -0.2) is 0 Å². The molecule has 8 heteroatoms. The fourth-order valence-electron chi connectivity index (χ4n) is 5.67. The van der Waals surface area contributed by atoms with Crippen molar-refractivity contribution >= 4 is 37.0 Å². The molecule has 0 spiro atoms. The second-order valence-electron chi connectivity index (χ2n) is 9.46. The third-order valence-corrected chi connectivity index (χ3v) is 7.32. The summed E-state index contributed by atoms with van der Waals surface area (Å²) in [6.45, 7) is 4.60. The number of halogens is 1. The highest BCUT2D eigenvalue weighted by atomic mass is 35.5. The lowest BCUT2D eigenvalue weighted by molar-refractivity contribution is -0.475. The van der Waals surface area contributed by atoms with E-state index in [0.29, 0.717) is 12.0 Å².